The van der Waals surface area contributed by atoms with Gasteiger partial charge in [0.15, 0.2) is 0 Å². The average molecular weight is 803 g/mol. The molecule has 2 nitrogen and oxygen atoms in total. The van der Waals surface area contributed by atoms with Gasteiger partial charge in [-0.3, -0.25) is 0 Å². The van der Waals surface area contributed by atoms with E-state index in [1.165, 1.54) is 9.13 Å². The molecule has 0 aliphatic carbocycles. The Morgan fingerprint density at radius 2 is 0.597 bits per heavy atom. The highest BCUT2D eigenvalue weighted by Gasteiger charge is 2.17. The number of aromatic nitrogens is 2. The van der Waals surface area contributed by atoms with Crippen LogP contribution in [0, 0.1) is 0 Å². The van der Waals surface area contributed by atoms with Gasteiger partial charge in [-0.1, -0.05) is 182 Å². The van der Waals surface area contributed by atoms with Gasteiger partial charge in [-0.05, 0) is 116 Å². The number of rotatable bonds is 7. The van der Waals surface area contributed by atoms with E-state index in [2.05, 4.69) is 0 Å². The zero-order valence-electron chi connectivity index (χ0n) is 46.9. The second-order valence-corrected chi connectivity index (χ2v) is 15.1. The van der Waals surface area contributed by atoms with E-state index in [1.54, 1.807) is 36.4 Å². The van der Waals surface area contributed by atoms with Crippen molar-refractivity contribution >= 4 is 43.6 Å². The first-order chi connectivity index (χ1) is 36.6. The molecule has 2 heterocycles. The van der Waals surface area contributed by atoms with Gasteiger partial charge >= 0.3 is 0 Å². The number of benzene rings is 10. The SMILES string of the molecule is [2H]c1c([2H])c([2H])c2c(c1[2H])c1c([2H])c(-c3c([2H])c([2H])c4c(c3[2H])c3c([2H])c([2H])c([2H])c([2H])c3n4-c3cccc(-c4ccc(-c5ccccc5)cc4)c3)c([2H])c([2H])c1n2-c1cccc(-c2ccc(-c3ccccc3)cc2)c1. The van der Waals surface area contributed by atoms with E-state index >= 15 is 0 Å². The largest absolute Gasteiger partial charge is 0.309 e. The monoisotopic (exact) mass is 802 g/mol. The first-order valence-corrected chi connectivity index (χ1v) is 20.2. The first-order valence-electron chi connectivity index (χ1n) is 27.2. The summed E-state index contributed by atoms with van der Waals surface area (Å²) in [6.45, 7) is 0. The molecule has 0 saturated carbocycles. The lowest BCUT2D eigenvalue weighted by molar-refractivity contribution is 1.18. The fourth-order valence-corrected chi connectivity index (χ4v) is 8.42. The van der Waals surface area contributed by atoms with E-state index in [0.717, 1.165) is 44.5 Å². The molecule has 10 aromatic carbocycles. The first kappa shape index (κ1) is 24.2. The molecule has 2 aromatic heterocycles. The molecule has 12 rings (SSSR count). The molecule has 0 aliphatic heterocycles. The lowest BCUT2D eigenvalue weighted by Gasteiger charge is -2.12. The fraction of sp³-hybridized carbons (Fsp3) is 0. The number of hydrogen-bond donors (Lipinski definition) is 0. The fourth-order valence-electron chi connectivity index (χ4n) is 8.42. The summed E-state index contributed by atoms with van der Waals surface area (Å²) in [5.41, 5.74) is 6.86. The van der Waals surface area contributed by atoms with Crippen molar-refractivity contribution in [3.8, 4) is 67.0 Å². The van der Waals surface area contributed by atoms with Gasteiger partial charge in [-0.25, -0.2) is 0 Å². The maximum absolute atomic E-state index is 9.99. The lowest BCUT2D eigenvalue weighted by Crippen LogP contribution is -1.94. The Hall–Kier alpha value is -8.20. The molecule has 0 spiro atoms. The van der Waals surface area contributed by atoms with Crippen LogP contribution in [0.3, 0.4) is 0 Å². The van der Waals surface area contributed by atoms with Gasteiger partial charge in [-0.15, -0.1) is 0 Å². The molecule has 0 atom stereocenters. The maximum Gasteiger partial charge on any atom is 0.0645 e. The van der Waals surface area contributed by atoms with Gasteiger partial charge in [0.05, 0.1) is 41.3 Å². The van der Waals surface area contributed by atoms with Crippen molar-refractivity contribution in [1.82, 2.24) is 9.13 Å². The minimum atomic E-state index is -0.623. The summed E-state index contributed by atoms with van der Waals surface area (Å²) in [7, 11) is 0. The minimum Gasteiger partial charge on any atom is -0.309 e. The second-order valence-electron chi connectivity index (χ2n) is 15.1. The Balaban J connectivity index is 1.10. The number of nitrogens with zero attached hydrogens (tertiary/aromatic N) is 2. The van der Waals surface area contributed by atoms with E-state index in [0.29, 0.717) is 11.4 Å². The predicted octanol–water partition coefficient (Wildman–Crippen LogP) is 16.2. The van der Waals surface area contributed by atoms with Gasteiger partial charge < -0.3 is 9.13 Å². The van der Waals surface area contributed by atoms with Crippen molar-refractivity contribution in [1.29, 1.82) is 0 Å². The normalized spacial score (nSPS) is 14.7. The van der Waals surface area contributed by atoms with Crippen molar-refractivity contribution in [2.24, 2.45) is 0 Å². The molecule has 2 heteroatoms. The summed E-state index contributed by atoms with van der Waals surface area (Å²) in [6, 6.07) is 42.4. The van der Waals surface area contributed by atoms with Gasteiger partial charge in [0.1, 0.15) is 0 Å². The molecule has 0 amide bonds. The van der Waals surface area contributed by atoms with Crippen LogP contribution in [-0.2, 0) is 0 Å². The van der Waals surface area contributed by atoms with E-state index in [1.807, 2.05) is 121 Å². The Kier molecular flexibility index (Phi) is 5.77. The molecule has 62 heavy (non-hydrogen) atoms. The quantitative estimate of drug-likeness (QED) is 0.152. The van der Waals surface area contributed by atoms with Crippen molar-refractivity contribution in [2.45, 2.75) is 0 Å². The van der Waals surface area contributed by atoms with Crippen LogP contribution < -0.4 is 0 Å². The molecular weight excluding hydrogens is 749 g/mol. The Morgan fingerprint density at radius 1 is 0.258 bits per heavy atom. The Bertz CT molecular complexity index is 4130. The van der Waals surface area contributed by atoms with Crippen LogP contribution in [0.5, 0.6) is 0 Å². The standard InChI is InChI=1S/C60H40N2/c1-3-13-41(14-4-1)43-25-29-45(30-26-43)47-17-11-19-51(37-47)61-57-23-9-7-21-53(57)55-39-49(33-35-59(55)61)50-34-36-60-56(40-50)54-22-8-10-24-58(54)62(60)52-20-12-18-48(38-52)46-31-27-44(28-32-46)42-15-5-2-6-16-42/h1-40H/i7D,8D,9D,10D,21D,22D,23D,24D,33D,34D,35D,36D,39D,40D. The minimum absolute atomic E-state index is 0.0570. The summed E-state index contributed by atoms with van der Waals surface area (Å²) < 4.78 is 134. The van der Waals surface area contributed by atoms with Crippen molar-refractivity contribution < 1.29 is 19.2 Å². The van der Waals surface area contributed by atoms with E-state index in [4.69, 9.17) is 5.48 Å². The number of hydrogen-bond acceptors (Lipinski definition) is 0. The van der Waals surface area contributed by atoms with Crippen LogP contribution in [0.25, 0.3) is 111 Å². The van der Waals surface area contributed by atoms with Crippen LogP contribution in [0.2, 0.25) is 0 Å². The van der Waals surface area contributed by atoms with Crippen molar-refractivity contribution in [3.05, 3.63) is 242 Å². The average Bonchev–Trinajstić information content (AvgIpc) is 4.21. The zero-order valence-corrected chi connectivity index (χ0v) is 32.9. The molecule has 290 valence electrons. The van der Waals surface area contributed by atoms with Crippen molar-refractivity contribution in [3.63, 3.8) is 0 Å². The van der Waals surface area contributed by atoms with E-state index in [9.17, 15) is 13.7 Å². The Labute approximate surface area is 380 Å². The third-order valence-corrected chi connectivity index (χ3v) is 11.4. The number of fused-ring (bicyclic) bond motifs is 6. The molecule has 0 saturated heterocycles. The van der Waals surface area contributed by atoms with E-state index < -0.39 is 95.7 Å². The predicted molar refractivity (Wildman–Crippen MR) is 262 cm³/mol. The highest BCUT2D eigenvalue weighted by Crippen LogP contribution is 2.39. The lowest BCUT2D eigenvalue weighted by atomic mass is 10.00. The summed E-state index contributed by atoms with van der Waals surface area (Å²) in [5.74, 6) is 0. The van der Waals surface area contributed by atoms with Crippen molar-refractivity contribution in [2.75, 3.05) is 0 Å². The molecule has 0 N–H and O–H groups in total. The molecule has 0 aliphatic rings. The van der Waals surface area contributed by atoms with Crippen LogP contribution in [0.4, 0.5) is 0 Å². The van der Waals surface area contributed by atoms with Gasteiger partial charge in [0, 0.05) is 32.9 Å². The molecule has 0 bridgehead atoms. The van der Waals surface area contributed by atoms with Crippen LogP contribution >= 0.6 is 0 Å². The van der Waals surface area contributed by atoms with Crippen LogP contribution in [-0.4, -0.2) is 9.13 Å². The van der Waals surface area contributed by atoms with Gasteiger partial charge in [-0.2, -0.15) is 0 Å². The third-order valence-electron chi connectivity index (χ3n) is 11.4. The van der Waals surface area contributed by atoms with Crippen LogP contribution in [0.1, 0.15) is 19.2 Å². The highest BCUT2D eigenvalue weighted by molar-refractivity contribution is 6.12. The molecule has 0 radical (unpaired) electrons. The molecule has 0 fully saturated rings. The Morgan fingerprint density at radius 3 is 1.02 bits per heavy atom. The molecule has 0 unspecified atom stereocenters. The van der Waals surface area contributed by atoms with Gasteiger partial charge in [0.25, 0.3) is 0 Å². The topological polar surface area (TPSA) is 9.86 Å². The summed E-state index contributed by atoms with van der Waals surface area (Å²) in [4.78, 5) is 0. The second kappa shape index (κ2) is 14.8. The van der Waals surface area contributed by atoms with Gasteiger partial charge in [0.2, 0.25) is 0 Å². The summed E-state index contributed by atoms with van der Waals surface area (Å²) >= 11 is 0. The summed E-state index contributed by atoms with van der Waals surface area (Å²) in [5, 5.41) is -0.522. The highest BCUT2D eigenvalue weighted by atomic mass is 15.0. The molecule has 12 aromatic rings. The zero-order chi connectivity index (χ0) is 53.2. The molecular formula is C60H40N2. The summed E-state index contributed by atoms with van der Waals surface area (Å²) in [6.07, 6.45) is 0. The van der Waals surface area contributed by atoms with Crippen LogP contribution in [0.15, 0.2) is 242 Å². The third kappa shape index (κ3) is 6.12. The van der Waals surface area contributed by atoms with E-state index in [-0.39, 0.29) is 43.6 Å². The smallest absolute Gasteiger partial charge is 0.0645 e. The number of para-hydroxylation sites is 2. The maximum atomic E-state index is 9.99.